The molecule has 152 valence electrons. The SMILES string of the molecule is CC(C)c1cccc(C(C)C)c1NC(=O)Cn1cnc2c(Cl)cc(Cl)cc2c1=O. The van der Waals surface area contributed by atoms with Crippen LogP contribution < -0.4 is 10.9 Å². The summed E-state index contributed by atoms with van der Waals surface area (Å²) in [5, 5.41) is 3.93. The van der Waals surface area contributed by atoms with Crippen LogP contribution in [0.25, 0.3) is 10.9 Å². The molecule has 0 aliphatic heterocycles. The van der Waals surface area contributed by atoms with E-state index >= 15 is 0 Å². The maximum atomic E-state index is 12.8. The lowest BCUT2D eigenvalue weighted by Gasteiger charge is -2.20. The van der Waals surface area contributed by atoms with Crippen molar-refractivity contribution in [1.82, 2.24) is 9.55 Å². The Labute approximate surface area is 179 Å². The summed E-state index contributed by atoms with van der Waals surface area (Å²) >= 11 is 12.1. The molecule has 7 heteroatoms. The van der Waals surface area contributed by atoms with E-state index in [0.717, 1.165) is 16.8 Å². The zero-order valence-electron chi connectivity index (χ0n) is 16.8. The molecular formula is C22H23Cl2N3O2. The van der Waals surface area contributed by atoms with Gasteiger partial charge in [-0.2, -0.15) is 0 Å². The molecule has 1 N–H and O–H groups in total. The van der Waals surface area contributed by atoms with Gasteiger partial charge in [0.2, 0.25) is 5.91 Å². The Morgan fingerprint density at radius 1 is 1.10 bits per heavy atom. The van der Waals surface area contributed by atoms with Gasteiger partial charge in [0, 0.05) is 10.7 Å². The van der Waals surface area contributed by atoms with E-state index in [4.69, 9.17) is 23.2 Å². The topological polar surface area (TPSA) is 64.0 Å². The first-order chi connectivity index (χ1) is 13.7. The number of halogens is 2. The third kappa shape index (κ3) is 4.46. The fourth-order valence-electron chi connectivity index (χ4n) is 3.34. The van der Waals surface area contributed by atoms with Crippen molar-refractivity contribution in [2.75, 3.05) is 5.32 Å². The van der Waals surface area contributed by atoms with Crippen molar-refractivity contribution in [2.45, 2.75) is 46.1 Å². The highest BCUT2D eigenvalue weighted by Gasteiger charge is 2.17. The first-order valence-electron chi connectivity index (χ1n) is 9.46. The first kappa shape index (κ1) is 21.3. The molecule has 0 spiro atoms. The van der Waals surface area contributed by atoms with Crippen LogP contribution in [0, 0.1) is 0 Å². The Kier molecular flexibility index (Phi) is 6.30. The van der Waals surface area contributed by atoms with Crippen LogP contribution in [0.2, 0.25) is 10.0 Å². The van der Waals surface area contributed by atoms with Gasteiger partial charge in [-0.05, 0) is 35.1 Å². The molecule has 5 nitrogen and oxygen atoms in total. The quantitative estimate of drug-likeness (QED) is 0.572. The Hall–Kier alpha value is -2.37. The lowest BCUT2D eigenvalue weighted by molar-refractivity contribution is -0.116. The fourth-order valence-corrected chi connectivity index (χ4v) is 3.88. The maximum absolute atomic E-state index is 12.8. The molecule has 0 bridgehead atoms. The van der Waals surface area contributed by atoms with Gasteiger partial charge < -0.3 is 5.32 Å². The molecule has 1 aromatic heterocycles. The number of amides is 1. The Morgan fingerprint density at radius 2 is 1.72 bits per heavy atom. The van der Waals surface area contributed by atoms with Gasteiger partial charge >= 0.3 is 0 Å². The van der Waals surface area contributed by atoms with E-state index in [-0.39, 0.29) is 35.2 Å². The van der Waals surface area contributed by atoms with Gasteiger partial charge in [-0.15, -0.1) is 0 Å². The molecule has 0 atom stereocenters. The van der Waals surface area contributed by atoms with Crippen LogP contribution in [0.15, 0.2) is 41.5 Å². The third-order valence-corrected chi connectivity index (χ3v) is 5.30. The maximum Gasteiger partial charge on any atom is 0.261 e. The van der Waals surface area contributed by atoms with Gasteiger partial charge in [0.1, 0.15) is 6.54 Å². The number of hydrogen-bond donors (Lipinski definition) is 1. The van der Waals surface area contributed by atoms with Crippen molar-refractivity contribution in [2.24, 2.45) is 0 Å². The number of nitrogens with zero attached hydrogens (tertiary/aromatic N) is 2. The van der Waals surface area contributed by atoms with Crippen molar-refractivity contribution in [1.29, 1.82) is 0 Å². The van der Waals surface area contributed by atoms with E-state index in [1.807, 2.05) is 18.2 Å². The standard InChI is InChI=1S/C22H23Cl2N3O2/c1-12(2)15-6-5-7-16(13(3)4)20(15)26-19(28)10-27-11-25-21-17(22(27)29)8-14(23)9-18(21)24/h5-9,11-13H,10H2,1-4H3,(H,26,28). The highest BCUT2D eigenvalue weighted by Crippen LogP contribution is 2.32. The van der Waals surface area contributed by atoms with E-state index in [0.29, 0.717) is 15.6 Å². The predicted molar refractivity (Wildman–Crippen MR) is 119 cm³/mol. The summed E-state index contributed by atoms with van der Waals surface area (Å²) < 4.78 is 1.26. The molecule has 0 radical (unpaired) electrons. The first-order valence-corrected chi connectivity index (χ1v) is 10.2. The molecule has 3 rings (SSSR count). The van der Waals surface area contributed by atoms with Gasteiger partial charge in [0.15, 0.2) is 0 Å². The molecule has 0 saturated heterocycles. The zero-order valence-corrected chi connectivity index (χ0v) is 18.3. The number of nitrogens with one attached hydrogen (secondary N) is 1. The van der Waals surface area contributed by atoms with E-state index in [2.05, 4.69) is 38.0 Å². The summed E-state index contributed by atoms with van der Waals surface area (Å²) in [6, 6.07) is 9.08. The number of fused-ring (bicyclic) bond motifs is 1. The second-order valence-corrected chi connectivity index (χ2v) is 8.47. The summed E-state index contributed by atoms with van der Waals surface area (Å²) in [6.07, 6.45) is 1.34. The largest absolute Gasteiger partial charge is 0.324 e. The number of benzene rings is 2. The van der Waals surface area contributed by atoms with Gasteiger partial charge in [0.05, 0.1) is 22.3 Å². The predicted octanol–water partition coefficient (Wildman–Crippen LogP) is 5.59. The van der Waals surface area contributed by atoms with Gasteiger partial charge in [0.25, 0.3) is 5.56 Å². The monoisotopic (exact) mass is 431 g/mol. The Morgan fingerprint density at radius 3 is 2.31 bits per heavy atom. The minimum Gasteiger partial charge on any atom is -0.324 e. The summed E-state index contributed by atoms with van der Waals surface area (Å²) in [6.45, 7) is 8.18. The van der Waals surface area contributed by atoms with Gasteiger partial charge in [-0.3, -0.25) is 14.2 Å². The number of para-hydroxylation sites is 1. The molecule has 3 aromatic rings. The molecule has 0 saturated carbocycles. The number of rotatable bonds is 5. The van der Waals surface area contributed by atoms with Crippen molar-refractivity contribution < 1.29 is 4.79 Å². The average molecular weight is 432 g/mol. The fraction of sp³-hybridized carbons (Fsp3) is 0.318. The molecule has 1 heterocycles. The van der Waals surface area contributed by atoms with Crippen LogP contribution in [0.3, 0.4) is 0 Å². The Bertz CT molecular complexity index is 1110. The van der Waals surface area contributed by atoms with E-state index in [1.54, 1.807) is 0 Å². The van der Waals surface area contributed by atoms with Crippen molar-refractivity contribution in [3.8, 4) is 0 Å². The van der Waals surface area contributed by atoms with E-state index in [9.17, 15) is 9.59 Å². The highest BCUT2D eigenvalue weighted by molar-refractivity contribution is 6.38. The number of hydrogen-bond acceptors (Lipinski definition) is 3. The minimum absolute atomic E-state index is 0.157. The molecule has 0 unspecified atom stereocenters. The molecule has 1 amide bonds. The Balaban J connectivity index is 1.95. The second kappa shape index (κ2) is 8.56. The van der Waals surface area contributed by atoms with Crippen LogP contribution in [-0.4, -0.2) is 15.5 Å². The zero-order chi connectivity index (χ0) is 21.3. The van der Waals surface area contributed by atoms with Crippen LogP contribution >= 0.6 is 23.2 Å². The second-order valence-electron chi connectivity index (χ2n) is 7.63. The summed E-state index contributed by atoms with van der Waals surface area (Å²) in [4.78, 5) is 29.8. The van der Waals surface area contributed by atoms with Crippen molar-refractivity contribution >= 4 is 45.7 Å². The van der Waals surface area contributed by atoms with Gasteiger partial charge in [-0.1, -0.05) is 69.1 Å². The summed E-state index contributed by atoms with van der Waals surface area (Å²) in [7, 11) is 0. The lowest BCUT2D eigenvalue weighted by atomic mass is 9.92. The van der Waals surface area contributed by atoms with Gasteiger partial charge in [-0.25, -0.2) is 4.98 Å². The van der Waals surface area contributed by atoms with Crippen LogP contribution in [0.4, 0.5) is 5.69 Å². The molecular weight excluding hydrogens is 409 g/mol. The summed E-state index contributed by atoms with van der Waals surface area (Å²) in [5.74, 6) is 0.202. The number of aromatic nitrogens is 2. The molecule has 2 aromatic carbocycles. The summed E-state index contributed by atoms with van der Waals surface area (Å²) in [5.41, 5.74) is 2.94. The van der Waals surface area contributed by atoms with Crippen LogP contribution in [0.1, 0.15) is 50.7 Å². The molecule has 0 aliphatic rings. The number of carbonyl (C=O) groups is 1. The minimum atomic E-state index is -0.365. The van der Waals surface area contributed by atoms with Crippen molar-refractivity contribution in [3.05, 3.63) is 68.2 Å². The normalized spacial score (nSPS) is 11.4. The van der Waals surface area contributed by atoms with Crippen LogP contribution in [-0.2, 0) is 11.3 Å². The number of carbonyl (C=O) groups excluding carboxylic acids is 1. The smallest absolute Gasteiger partial charge is 0.261 e. The molecule has 0 fully saturated rings. The molecule has 29 heavy (non-hydrogen) atoms. The van der Waals surface area contributed by atoms with Crippen LogP contribution in [0.5, 0.6) is 0 Å². The number of anilines is 1. The third-order valence-electron chi connectivity index (χ3n) is 4.80. The van der Waals surface area contributed by atoms with E-state index < -0.39 is 0 Å². The lowest BCUT2D eigenvalue weighted by Crippen LogP contribution is -2.28. The highest BCUT2D eigenvalue weighted by atomic mass is 35.5. The average Bonchev–Trinajstić information content (AvgIpc) is 2.64. The van der Waals surface area contributed by atoms with Crippen molar-refractivity contribution in [3.63, 3.8) is 0 Å². The van der Waals surface area contributed by atoms with E-state index in [1.165, 1.54) is 23.0 Å². The molecule has 0 aliphatic carbocycles.